The smallest absolute Gasteiger partial charge is 0.259 e. The van der Waals surface area contributed by atoms with Gasteiger partial charge in [0.15, 0.2) is 0 Å². The van der Waals surface area contributed by atoms with Crippen LogP contribution < -0.4 is 5.32 Å². The number of piperidine rings is 1. The van der Waals surface area contributed by atoms with E-state index in [0.29, 0.717) is 49.4 Å². The number of hydrogen-bond donors (Lipinski definition) is 1. The minimum Gasteiger partial charge on any atom is -0.322 e. The Morgan fingerprint density at radius 1 is 1.30 bits per heavy atom. The fourth-order valence-corrected chi connectivity index (χ4v) is 6.26. The predicted octanol–water partition coefficient (Wildman–Crippen LogP) is 4.46. The standard InChI is InChI=1S/C30H33FN8O/c1-20-16-38(9-7-26(20)31)17-21-11-25(28-33-8-10-39(28)18-21)29(40)35-23-6-4-5-22(12-23)30(13-24(14-30)32-2)15-27-36-34-19-37(27)3/h4-6,8,10-12,18-20,24,26H,7,9,13-17H2,1,3H3,(H,35,40)/t20-,24?,26+,30?/m1/s1. The van der Waals surface area contributed by atoms with Crippen molar-refractivity contribution in [2.24, 2.45) is 13.0 Å². The summed E-state index contributed by atoms with van der Waals surface area (Å²) in [7, 11) is 1.93. The number of fused-ring (bicyclic) bond motifs is 1. The molecule has 1 aliphatic heterocycles. The van der Waals surface area contributed by atoms with Crippen LogP contribution in [0.2, 0.25) is 0 Å². The second-order valence-corrected chi connectivity index (χ2v) is 11.5. The van der Waals surface area contributed by atoms with E-state index >= 15 is 0 Å². The van der Waals surface area contributed by atoms with E-state index in [0.717, 1.165) is 29.8 Å². The number of benzene rings is 1. The van der Waals surface area contributed by atoms with Gasteiger partial charge in [0.2, 0.25) is 6.04 Å². The van der Waals surface area contributed by atoms with Gasteiger partial charge in [-0.15, -0.1) is 10.2 Å². The lowest BCUT2D eigenvalue weighted by atomic mass is 9.60. The molecule has 0 radical (unpaired) electrons. The van der Waals surface area contributed by atoms with Crippen molar-refractivity contribution in [1.29, 1.82) is 0 Å². The third-order valence-electron chi connectivity index (χ3n) is 8.55. The highest BCUT2D eigenvalue weighted by atomic mass is 19.1. The van der Waals surface area contributed by atoms with Crippen LogP contribution in [0, 0.1) is 12.5 Å². The molecule has 2 fully saturated rings. The molecule has 6 rings (SSSR count). The van der Waals surface area contributed by atoms with Crippen molar-refractivity contribution in [1.82, 2.24) is 29.0 Å². The van der Waals surface area contributed by atoms with Crippen LogP contribution in [0.5, 0.6) is 0 Å². The van der Waals surface area contributed by atoms with E-state index in [9.17, 15) is 9.18 Å². The van der Waals surface area contributed by atoms with Crippen molar-refractivity contribution in [3.05, 3.63) is 89.2 Å². The van der Waals surface area contributed by atoms with Gasteiger partial charge >= 0.3 is 0 Å². The molecule has 4 heterocycles. The van der Waals surface area contributed by atoms with Gasteiger partial charge in [0.25, 0.3) is 5.91 Å². The van der Waals surface area contributed by atoms with Gasteiger partial charge < -0.3 is 19.1 Å². The van der Waals surface area contributed by atoms with Crippen molar-refractivity contribution in [2.45, 2.75) is 56.8 Å². The van der Waals surface area contributed by atoms with Crippen molar-refractivity contribution in [3.8, 4) is 0 Å². The van der Waals surface area contributed by atoms with Crippen molar-refractivity contribution < 1.29 is 9.18 Å². The molecule has 0 spiro atoms. The minimum absolute atomic E-state index is 0.00142. The average Bonchev–Trinajstić information content (AvgIpc) is 3.56. The lowest BCUT2D eigenvalue weighted by Crippen LogP contribution is -2.45. The van der Waals surface area contributed by atoms with E-state index in [1.807, 2.05) is 59.6 Å². The summed E-state index contributed by atoms with van der Waals surface area (Å²) in [5, 5.41) is 11.4. The van der Waals surface area contributed by atoms with Gasteiger partial charge in [-0.1, -0.05) is 19.1 Å². The molecule has 2 aliphatic rings. The quantitative estimate of drug-likeness (QED) is 0.350. The number of pyridine rings is 1. The van der Waals surface area contributed by atoms with Crippen LogP contribution >= 0.6 is 0 Å². The minimum atomic E-state index is -0.754. The van der Waals surface area contributed by atoms with E-state index in [1.165, 1.54) is 0 Å². The maximum absolute atomic E-state index is 14.0. The Labute approximate surface area is 232 Å². The molecule has 1 N–H and O–H groups in total. The second kappa shape index (κ2) is 10.5. The molecule has 0 unspecified atom stereocenters. The number of rotatable bonds is 7. The molecule has 1 aliphatic carbocycles. The van der Waals surface area contributed by atoms with E-state index in [2.05, 4.69) is 36.3 Å². The van der Waals surface area contributed by atoms with Gasteiger partial charge in [-0.05, 0) is 35.7 Å². The van der Waals surface area contributed by atoms with Gasteiger partial charge in [0.1, 0.15) is 24.0 Å². The molecule has 1 aromatic carbocycles. The highest BCUT2D eigenvalue weighted by Gasteiger charge is 2.50. The Balaban J connectivity index is 1.24. The molecule has 3 aromatic heterocycles. The summed E-state index contributed by atoms with van der Waals surface area (Å²) >= 11 is 0. The van der Waals surface area contributed by atoms with Gasteiger partial charge in [0.05, 0.1) is 5.56 Å². The van der Waals surface area contributed by atoms with Gasteiger partial charge in [-0.25, -0.2) is 15.9 Å². The first-order chi connectivity index (χ1) is 19.3. The Kier molecular flexibility index (Phi) is 6.84. The molecule has 2 atom stereocenters. The van der Waals surface area contributed by atoms with E-state index in [-0.39, 0.29) is 23.3 Å². The highest BCUT2D eigenvalue weighted by Crippen LogP contribution is 2.48. The number of nitrogens with zero attached hydrogens (tertiary/aromatic N) is 7. The molecule has 9 nitrogen and oxygen atoms in total. The number of amides is 1. The lowest BCUT2D eigenvalue weighted by Gasteiger charge is -2.42. The fraction of sp³-hybridized carbons (Fsp3) is 0.433. The van der Waals surface area contributed by atoms with Gasteiger partial charge in [-0.3, -0.25) is 9.69 Å². The third kappa shape index (κ3) is 4.97. The average molecular weight is 541 g/mol. The van der Waals surface area contributed by atoms with Crippen LogP contribution in [0.4, 0.5) is 10.1 Å². The molecule has 0 bridgehead atoms. The Hall–Kier alpha value is -4.10. The number of aryl methyl sites for hydroxylation is 1. The predicted molar refractivity (Wildman–Crippen MR) is 150 cm³/mol. The maximum Gasteiger partial charge on any atom is 0.259 e. The van der Waals surface area contributed by atoms with E-state index < -0.39 is 6.17 Å². The van der Waals surface area contributed by atoms with E-state index in [1.54, 1.807) is 12.5 Å². The topological polar surface area (TPSA) is 84.7 Å². The molecule has 10 heteroatoms. The van der Waals surface area contributed by atoms with Crippen LogP contribution in [-0.2, 0) is 25.4 Å². The first-order valence-electron chi connectivity index (χ1n) is 13.8. The van der Waals surface area contributed by atoms with Gasteiger partial charge in [0, 0.05) is 81.6 Å². The van der Waals surface area contributed by atoms with Crippen molar-refractivity contribution in [3.63, 3.8) is 0 Å². The number of hydrogen-bond acceptors (Lipinski definition) is 5. The number of aromatic nitrogens is 5. The molecule has 1 saturated heterocycles. The number of alkyl halides is 1. The van der Waals surface area contributed by atoms with Crippen LogP contribution in [0.3, 0.4) is 0 Å². The molecular formula is C30H33FN8O. The second-order valence-electron chi connectivity index (χ2n) is 11.5. The zero-order valence-corrected chi connectivity index (χ0v) is 22.8. The first-order valence-corrected chi connectivity index (χ1v) is 13.8. The Morgan fingerprint density at radius 2 is 2.15 bits per heavy atom. The summed E-state index contributed by atoms with van der Waals surface area (Å²) in [6.45, 7) is 11.5. The lowest BCUT2D eigenvalue weighted by molar-refractivity contribution is 0.0925. The van der Waals surface area contributed by atoms with Crippen LogP contribution in [0.15, 0.2) is 55.2 Å². The fourth-order valence-electron chi connectivity index (χ4n) is 6.26. The molecule has 206 valence electrons. The SMILES string of the molecule is [C-]#[N+]C1CC(Cc2nncn2C)(c2cccc(NC(=O)c3cc(CN4CC[C@H](F)[C@H](C)C4)cn4ccnc34)c2)C1. The number of halogens is 1. The molecule has 40 heavy (non-hydrogen) atoms. The van der Waals surface area contributed by atoms with Crippen LogP contribution in [-0.4, -0.2) is 60.3 Å². The molecule has 1 amide bonds. The molecular weight excluding hydrogens is 507 g/mol. The van der Waals surface area contributed by atoms with Crippen LogP contribution in [0.25, 0.3) is 10.5 Å². The number of carbonyl (C=O) groups is 1. The number of nitrogens with one attached hydrogen (secondary N) is 1. The highest BCUT2D eigenvalue weighted by molar-refractivity contribution is 6.08. The number of likely N-dealkylation sites (tertiary alicyclic amines) is 1. The molecule has 4 aromatic rings. The summed E-state index contributed by atoms with van der Waals surface area (Å²) in [5.41, 5.74) is 3.62. The molecule has 1 saturated carbocycles. The Bertz CT molecular complexity index is 1580. The zero-order chi connectivity index (χ0) is 27.9. The third-order valence-corrected chi connectivity index (χ3v) is 8.55. The summed E-state index contributed by atoms with van der Waals surface area (Å²) in [6.07, 6.45) is 9.17. The largest absolute Gasteiger partial charge is 0.322 e. The van der Waals surface area contributed by atoms with Crippen LogP contribution in [0.1, 0.15) is 53.5 Å². The normalized spacial score (nSPS) is 24.9. The first kappa shape index (κ1) is 26.1. The number of anilines is 1. The number of carbonyl (C=O) groups excluding carboxylic acids is 1. The summed E-state index contributed by atoms with van der Waals surface area (Å²) in [6, 6.07) is 9.81. The maximum atomic E-state index is 14.0. The van der Waals surface area contributed by atoms with E-state index in [4.69, 9.17) is 6.57 Å². The summed E-state index contributed by atoms with van der Waals surface area (Å²) < 4.78 is 17.8. The van der Waals surface area contributed by atoms with Gasteiger partial charge in [-0.2, -0.15) is 0 Å². The zero-order valence-electron chi connectivity index (χ0n) is 22.8. The van der Waals surface area contributed by atoms with Crippen molar-refractivity contribution >= 4 is 17.2 Å². The summed E-state index contributed by atoms with van der Waals surface area (Å²) in [4.78, 5) is 24.1. The number of imidazole rings is 1. The Morgan fingerprint density at radius 3 is 2.90 bits per heavy atom. The monoisotopic (exact) mass is 540 g/mol. The summed E-state index contributed by atoms with van der Waals surface area (Å²) in [5.74, 6) is 0.640. The van der Waals surface area contributed by atoms with Crippen molar-refractivity contribution in [2.75, 3.05) is 18.4 Å².